The quantitative estimate of drug-likeness (QED) is 0.285. The van der Waals surface area contributed by atoms with Crippen LogP contribution in [-0.4, -0.2) is 33.7 Å². The lowest BCUT2D eigenvalue weighted by molar-refractivity contribution is 0.252. The highest BCUT2D eigenvalue weighted by Gasteiger charge is 2.13. The van der Waals surface area contributed by atoms with E-state index in [1.807, 2.05) is 30.3 Å². The summed E-state index contributed by atoms with van der Waals surface area (Å²) in [5.41, 5.74) is 2.82. The number of halogens is 3. The Morgan fingerprint density at radius 3 is 2.71 bits per heavy atom. The number of nitrogens with one attached hydrogen (secondary N) is 3. The first-order valence-corrected chi connectivity index (χ1v) is 10.9. The number of hydrogen-bond donors (Lipinski definition) is 3. The molecular formula is C21H17BrCl2N6O. The highest BCUT2D eigenvalue weighted by Crippen LogP contribution is 2.30. The van der Waals surface area contributed by atoms with Gasteiger partial charge in [0.15, 0.2) is 5.65 Å². The van der Waals surface area contributed by atoms with Crippen molar-refractivity contribution in [1.29, 1.82) is 0 Å². The Bertz CT molecular complexity index is 1250. The maximum Gasteiger partial charge on any atom is 0.319 e. The molecule has 2 heterocycles. The summed E-state index contributed by atoms with van der Waals surface area (Å²) in [4.78, 5) is 16.8. The fraction of sp³-hybridized carbons (Fsp3) is 0.0952. The smallest absolute Gasteiger partial charge is 0.319 e. The number of fused-ring (bicyclic) bond motifs is 1. The highest BCUT2D eigenvalue weighted by atomic mass is 79.9. The second-order valence-electron chi connectivity index (χ2n) is 6.55. The van der Waals surface area contributed by atoms with Gasteiger partial charge in [0.25, 0.3) is 0 Å². The van der Waals surface area contributed by atoms with Crippen LogP contribution in [0.1, 0.15) is 0 Å². The standard InChI is InChI=1S/C21H17BrCl2N6O/c22-16-12-27-30-19(11-18(29-20(16)30)15-6-1-2-7-17(15)24)25-8-9-26-21(31)28-14-5-3-4-13(23)10-14/h1-7,10-12,25H,8-9H2,(H2,26,28,31). The summed E-state index contributed by atoms with van der Waals surface area (Å²) in [5.74, 6) is 0.725. The Morgan fingerprint density at radius 2 is 1.90 bits per heavy atom. The first-order chi connectivity index (χ1) is 15.0. The molecule has 10 heteroatoms. The van der Waals surface area contributed by atoms with Crippen LogP contribution in [0, 0.1) is 0 Å². The lowest BCUT2D eigenvalue weighted by Gasteiger charge is -2.12. The summed E-state index contributed by atoms with van der Waals surface area (Å²) < 4.78 is 2.46. The first kappa shape index (κ1) is 21.4. The molecule has 0 aliphatic heterocycles. The molecule has 0 radical (unpaired) electrons. The van der Waals surface area contributed by atoms with Gasteiger partial charge in [-0.2, -0.15) is 9.61 Å². The molecule has 0 aliphatic carbocycles. The minimum Gasteiger partial charge on any atom is -0.368 e. The lowest BCUT2D eigenvalue weighted by Crippen LogP contribution is -2.32. The van der Waals surface area contributed by atoms with E-state index in [1.165, 1.54) is 0 Å². The van der Waals surface area contributed by atoms with E-state index in [1.54, 1.807) is 35.0 Å². The molecule has 4 rings (SSSR count). The maximum atomic E-state index is 12.1. The van der Waals surface area contributed by atoms with E-state index < -0.39 is 0 Å². The van der Waals surface area contributed by atoms with Crippen LogP contribution in [0.5, 0.6) is 0 Å². The fourth-order valence-electron chi connectivity index (χ4n) is 2.98. The van der Waals surface area contributed by atoms with Crippen LogP contribution in [-0.2, 0) is 0 Å². The van der Waals surface area contributed by atoms with Gasteiger partial charge in [0, 0.05) is 40.5 Å². The van der Waals surface area contributed by atoms with Gasteiger partial charge in [-0.15, -0.1) is 0 Å². The van der Waals surface area contributed by atoms with E-state index in [-0.39, 0.29) is 6.03 Å². The third kappa shape index (κ3) is 5.10. The van der Waals surface area contributed by atoms with E-state index >= 15 is 0 Å². The molecule has 158 valence electrons. The van der Waals surface area contributed by atoms with E-state index in [0.29, 0.717) is 40.2 Å². The zero-order chi connectivity index (χ0) is 21.8. The van der Waals surface area contributed by atoms with Crippen LogP contribution in [0.3, 0.4) is 0 Å². The molecule has 2 aromatic heterocycles. The number of nitrogens with zero attached hydrogens (tertiary/aromatic N) is 3. The van der Waals surface area contributed by atoms with Crippen LogP contribution in [0.4, 0.5) is 16.3 Å². The Kier molecular flexibility index (Phi) is 6.60. The van der Waals surface area contributed by atoms with Crippen LogP contribution in [0.2, 0.25) is 10.0 Å². The van der Waals surface area contributed by atoms with Gasteiger partial charge in [-0.25, -0.2) is 9.78 Å². The molecule has 0 unspecified atom stereocenters. The van der Waals surface area contributed by atoms with Gasteiger partial charge in [-0.3, -0.25) is 0 Å². The van der Waals surface area contributed by atoms with Crippen molar-refractivity contribution in [1.82, 2.24) is 19.9 Å². The monoisotopic (exact) mass is 518 g/mol. The molecule has 2 aromatic carbocycles. The molecule has 0 fully saturated rings. The predicted octanol–water partition coefficient (Wildman–Crippen LogP) is 5.70. The van der Waals surface area contributed by atoms with E-state index in [4.69, 9.17) is 23.2 Å². The van der Waals surface area contributed by atoms with Crippen LogP contribution < -0.4 is 16.0 Å². The summed E-state index contributed by atoms with van der Waals surface area (Å²) in [5, 5.41) is 14.4. The molecule has 0 bridgehead atoms. The fourth-order valence-corrected chi connectivity index (χ4v) is 3.75. The average molecular weight is 520 g/mol. The Morgan fingerprint density at radius 1 is 1.06 bits per heavy atom. The number of carbonyl (C=O) groups is 1. The second kappa shape index (κ2) is 9.55. The van der Waals surface area contributed by atoms with Gasteiger partial charge in [0.05, 0.1) is 16.4 Å². The SMILES string of the molecule is O=C(NCCNc1cc(-c2ccccc2Cl)nc2c(Br)cnn12)Nc1cccc(Cl)c1. The highest BCUT2D eigenvalue weighted by molar-refractivity contribution is 9.10. The van der Waals surface area contributed by atoms with Gasteiger partial charge >= 0.3 is 6.03 Å². The Balaban J connectivity index is 1.44. The largest absolute Gasteiger partial charge is 0.368 e. The Labute approximate surface area is 196 Å². The summed E-state index contributed by atoms with van der Waals surface area (Å²) in [6.07, 6.45) is 1.68. The van der Waals surface area contributed by atoms with E-state index in [9.17, 15) is 4.79 Å². The average Bonchev–Trinajstić information content (AvgIpc) is 3.12. The summed E-state index contributed by atoms with van der Waals surface area (Å²) >= 11 is 15.8. The van der Waals surface area contributed by atoms with Crippen LogP contribution in [0.15, 0.2) is 65.3 Å². The third-order valence-electron chi connectivity index (χ3n) is 4.38. The Hall–Kier alpha value is -2.81. The summed E-state index contributed by atoms with van der Waals surface area (Å²) in [6, 6.07) is 16.0. The molecule has 0 aliphatic rings. The molecule has 7 nitrogen and oxygen atoms in total. The third-order valence-corrected chi connectivity index (χ3v) is 5.50. The van der Waals surface area contributed by atoms with E-state index in [0.717, 1.165) is 15.9 Å². The number of urea groups is 1. The van der Waals surface area contributed by atoms with Gasteiger partial charge in [0.2, 0.25) is 0 Å². The first-order valence-electron chi connectivity index (χ1n) is 9.35. The number of hydrogen-bond acceptors (Lipinski definition) is 4. The van der Waals surface area contributed by atoms with Crippen molar-refractivity contribution < 1.29 is 4.79 Å². The molecule has 31 heavy (non-hydrogen) atoms. The number of benzene rings is 2. The predicted molar refractivity (Wildman–Crippen MR) is 128 cm³/mol. The van der Waals surface area contributed by atoms with Crippen molar-refractivity contribution in [3.8, 4) is 11.3 Å². The molecule has 0 atom stereocenters. The van der Waals surface area contributed by atoms with Crippen LogP contribution in [0.25, 0.3) is 16.9 Å². The zero-order valence-corrected chi connectivity index (χ0v) is 19.2. The molecule has 3 N–H and O–H groups in total. The van der Waals surface area contributed by atoms with Gasteiger partial charge in [-0.05, 0) is 40.2 Å². The van der Waals surface area contributed by atoms with Crippen molar-refractivity contribution in [3.05, 3.63) is 75.3 Å². The van der Waals surface area contributed by atoms with Gasteiger partial charge < -0.3 is 16.0 Å². The van der Waals surface area contributed by atoms with Crippen molar-refractivity contribution >= 4 is 62.3 Å². The number of amides is 2. The molecule has 4 aromatic rings. The summed E-state index contributed by atoms with van der Waals surface area (Å²) in [7, 11) is 0. The minimum absolute atomic E-state index is 0.317. The van der Waals surface area contributed by atoms with Crippen LogP contribution >= 0.6 is 39.1 Å². The van der Waals surface area contributed by atoms with Gasteiger partial charge in [0.1, 0.15) is 5.82 Å². The van der Waals surface area contributed by atoms with Gasteiger partial charge in [-0.1, -0.05) is 47.5 Å². The normalized spacial score (nSPS) is 10.8. The molecule has 0 saturated carbocycles. The minimum atomic E-state index is -0.317. The lowest BCUT2D eigenvalue weighted by atomic mass is 10.1. The van der Waals surface area contributed by atoms with Crippen molar-refractivity contribution in [2.45, 2.75) is 0 Å². The molecular weight excluding hydrogens is 503 g/mol. The van der Waals surface area contributed by atoms with Crippen molar-refractivity contribution in [2.24, 2.45) is 0 Å². The summed E-state index contributed by atoms with van der Waals surface area (Å²) in [6.45, 7) is 0.863. The van der Waals surface area contributed by atoms with E-state index in [2.05, 4.69) is 42.0 Å². The molecule has 0 spiro atoms. The van der Waals surface area contributed by atoms with Crippen molar-refractivity contribution in [2.75, 3.05) is 23.7 Å². The molecule has 2 amide bonds. The molecule has 0 saturated heterocycles. The maximum absolute atomic E-state index is 12.1. The number of anilines is 2. The number of carbonyl (C=O) groups excluding carboxylic acids is 1. The number of rotatable bonds is 6. The zero-order valence-electron chi connectivity index (χ0n) is 16.1. The second-order valence-corrected chi connectivity index (χ2v) is 8.25. The number of aromatic nitrogens is 3. The van der Waals surface area contributed by atoms with Crippen molar-refractivity contribution in [3.63, 3.8) is 0 Å². The topological polar surface area (TPSA) is 83.3 Å².